The molecular weight excluding hydrogens is 232 g/mol. The number of likely N-dealkylation sites (N-methyl/N-ethyl adjacent to an activating group) is 1. The second-order valence-corrected chi connectivity index (χ2v) is 6.02. The summed E-state index contributed by atoms with van der Waals surface area (Å²) in [6, 6.07) is 9.42. The maximum absolute atomic E-state index is 3.57. The maximum Gasteiger partial charge on any atom is 0.0234 e. The highest BCUT2D eigenvalue weighted by atomic mass is 15.1. The third-order valence-electron chi connectivity index (χ3n) is 3.54. The minimum absolute atomic E-state index is 0.610. The lowest BCUT2D eigenvalue weighted by Crippen LogP contribution is -2.40. The molecule has 0 spiro atoms. The molecule has 2 heteroatoms. The Morgan fingerprint density at radius 1 is 1.21 bits per heavy atom. The third-order valence-corrected chi connectivity index (χ3v) is 3.54. The molecule has 1 atom stereocenters. The van der Waals surface area contributed by atoms with Crippen molar-refractivity contribution in [3.05, 3.63) is 35.4 Å². The van der Waals surface area contributed by atoms with Crippen LogP contribution in [0, 0.1) is 12.8 Å². The molecule has 0 radical (unpaired) electrons. The van der Waals surface area contributed by atoms with Gasteiger partial charge in [-0.1, -0.05) is 50.6 Å². The molecule has 1 aromatic carbocycles. The third kappa shape index (κ3) is 6.22. The van der Waals surface area contributed by atoms with Gasteiger partial charge < -0.3 is 5.32 Å². The van der Waals surface area contributed by atoms with Gasteiger partial charge in [0.2, 0.25) is 0 Å². The zero-order valence-corrected chi connectivity index (χ0v) is 13.2. The molecule has 0 aliphatic rings. The molecular formula is C17H30N2. The van der Waals surface area contributed by atoms with Crippen LogP contribution >= 0.6 is 0 Å². The summed E-state index contributed by atoms with van der Waals surface area (Å²) in [5, 5.41) is 3.57. The van der Waals surface area contributed by atoms with E-state index >= 15 is 0 Å². The number of nitrogens with one attached hydrogen (secondary N) is 1. The molecule has 1 rings (SSSR count). The van der Waals surface area contributed by atoms with E-state index < -0.39 is 0 Å². The number of nitrogens with zero attached hydrogens (tertiary/aromatic N) is 1. The summed E-state index contributed by atoms with van der Waals surface area (Å²) in [6.07, 6.45) is 1.19. The number of benzene rings is 1. The molecule has 0 amide bonds. The highest BCUT2D eigenvalue weighted by Gasteiger charge is 2.12. The highest BCUT2D eigenvalue weighted by Crippen LogP contribution is 2.10. The molecule has 1 unspecified atom stereocenters. The Hall–Kier alpha value is -0.860. The van der Waals surface area contributed by atoms with Gasteiger partial charge in [-0.05, 0) is 38.4 Å². The van der Waals surface area contributed by atoms with E-state index in [1.165, 1.54) is 17.5 Å². The summed E-state index contributed by atoms with van der Waals surface area (Å²) in [4.78, 5) is 2.46. The van der Waals surface area contributed by atoms with E-state index in [2.05, 4.69) is 69.2 Å². The Balaban J connectivity index is 2.46. The Bertz CT molecular complexity index is 360. The van der Waals surface area contributed by atoms with Crippen LogP contribution in [0.3, 0.4) is 0 Å². The van der Waals surface area contributed by atoms with E-state index in [4.69, 9.17) is 0 Å². The van der Waals surface area contributed by atoms with Crippen LogP contribution in [-0.4, -0.2) is 31.1 Å². The van der Waals surface area contributed by atoms with Crippen molar-refractivity contribution in [1.29, 1.82) is 0 Å². The fourth-order valence-corrected chi connectivity index (χ4v) is 2.38. The predicted octanol–water partition coefficient (Wildman–Crippen LogP) is 3.45. The molecule has 108 valence electrons. The summed E-state index contributed by atoms with van der Waals surface area (Å²) in [5.74, 6) is 0.722. The van der Waals surface area contributed by atoms with E-state index in [-0.39, 0.29) is 0 Å². The van der Waals surface area contributed by atoms with Crippen LogP contribution in [-0.2, 0) is 6.54 Å². The van der Waals surface area contributed by atoms with Crippen LogP contribution in [0.2, 0.25) is 0 Å². The van der Waals surface area contributed by atoms with Crippen LogP contribution < -0.4 is 5.32 Å². The second-order valence-electron chi connectivity index (χ2n) is 6.02. The smallest absolute Gasteiger partial charge is 0.0234 e. The van der Waals surface area contributed by atoms with Gasteiger partial charge in [0, 0.05) is 19.1 Å². The summed E-state index contributed by atoms with van der Waals surface area (Å²) in [5.41, 5.74) is 2.75. The van der Waals surface area contributed by atoms with Gasteiger partial charge in [-0.2, -0.15) is 0 Å². The van der Waals surface area contributed by atoms with Crippen molar-refractivity contribution in [3.8, 4) is 0 Å². The fourth-order valence-electron chi connectivity index (χ4n) is 2.38. The van der Waals surface area contributed by atoms with Crippen molar-refractivity contribution in [2.24, 2.45) is 5.92 Å². The fraction of sp³-hybridized carbons (Fsp3) is 0.647. The van der Waals surface area contributed by atoms with Crippen LogP contribution in [0.25, 0.3) is 0 Å². The minimum atomic E-state index is 0.610. The molecule has 0 saturated heterocycles. The van der Waals surface area contributed by atoms with Crippen molar-refractivity contribution < 1.29 is 0 Å². The monoisotopic (exact) mass is 262 g/mol. The van der Waals surface area contributed by atoms with Crippen LogP contribution in [0.5, 0.6) is 0 Å². The van der Waals surface area contributed by atoms with Gasteiger partial charge in [0.05, 0.1) is 0 Å². The lowest BCUT2D eigenvalue weighted by Gasteiger charge is -2.28. The Labute approximate surface area is 119 Å². The van der Waals surface area contributed by atoms with Gasteiger partial charge in [0.25, 0.3) is 0 Å². The molecule has 0 aliphatic carbocycles. The molecule has 1 N–H and O–H groups in total. The Kier molecular flexibility index (Phi) is 7.11. The molecule has 0 bridgehead atoms. The molecule has 0 aromatic heterocycles. The summed E-state index contributed by atoms with van der Waals surface area (Å²) in [6.45, 7) is 12.2. The average molecular weight is 262 g/mol. The van der Waals surface area contributed by atoms with E-state index in [9.17, 15) is 0 Å². The van der Waals surface area contributed by atoms with Gasteiger partial charge in [0.1, 0.15) is 0 Å². The highest BCUT2D eigenvalue weighted by molar-refractivity contribution is 5.22. The van der Waals surface area contributed by atoms with E-state index in [0.29, 0.717) is 6.04 Å². The normalized spacial score (nSPS) is 13.2. The van der Waals surface area contributed by atoms with Gasteiger partial charge in [-0.15, -0.1) is 0 Å². The van der Waals surface area contributed by atoms with Crippen LogP contribution in [0.15, 0.2) is 24.3 Å². The van der Waals surface area contributed by atoms with Crippen molar-refractivity contribution in [2.75, 3.05) is 20.1 Å². The van der Waals surface area contributed by atoms with Gasteiger partial charge in [-0.25, -0.2) is 0 Å². The predicted molar refractivity (Wildman–Crippen MR) is 84.4 cm³/mol. The molecule has 0 saturated carbocycles. The zero-order valence-electron chi connectivity index (χ0n) is 13.2. The van der Waals surface area contributed by atoms with Crippen molar-refractivity contribution in [1.82, 2.24) is 10.2 Å². The summed E-state index contributed by atoms with van der Waals surface area (Å²) in [7, 11) is 2.23. The zero-order chi connectivity index (χ0) is 14.3. The quantitative estimate of drug-likeness (QED) is 0.772. The molecule has 0 heterocycles. The maximum atomic E-state index is 3.57. The Morgan fingerprint density at radius 3 is 2.53 bits per heavy atom. The first-order valence-electron chi connectivity index (χ1n) is 7.49. The SMILES string of the molecule is CCC(CNCC(C)C)N(C)Cc1cccc(C)c1. The van der Waals surface area contributed by atoms with Crippen molar-refractivity contribution in [3.63, 3.8) is 0 Å². The number of aryl methyl sites for hydroxylation is 1. The second kappa shape index (κ2) is 8.34. The van der Waals surface area contributed by atoms with Crippen LogP contribution in [0.1, 0.15) is 38.3 Å². The van der Waals surface area contributed by atoms with Crippen LogP contribution in [0.4, 0.5) is 0 Å². The first-order valence-corrected chi connectivity index (χ1v) is 7.49. The van der Waals surface area contributed by atoms with E-state index in [1.807, 2.05) is 0 Å². The van der Waals surface area contributed by atoms with Gasteiger partial charge in [0.15, 0.2) is 0 Å². The average Bonchev–Trinajstić information content (AvgIpc) is 2.34. The molecule has 0 fully saturated rings. The molecule has 1 aromatic rings. The Morgan fingerprint density at radius 2 is 1.95 bits per heavy atom. The lowest BCUT2D eigenvalue weighted by atomic mass is 10.1. The summed E-state index contributed by atoms with van der Waals surface area (Å²) < 4.78 is 0. The largest absolute Gasteiger partial charge is 0.315 e. The first kappa shape index (κ1) is 16.2. The molecule has 2 nitrogen and oxygen atoms in total. The minimum Gasteiger partial charge on any atom is -0.315 e. The topological polar surface area (TPSA) is 15.3 Å². The molecule has 0 aliphatic heterocycles. The molecule has 19 heavy (non-hydrogen) atoms. The first-order chi connectivity index (χ1) is 9.02. The van der Waals surface area contributed by atoms with Crippen molar-refractivity contribution >= 4 is 0 Å². The summed E-state index contributed by atoms with van der Waals surface area (Å²) >= 11 is 0. The van der Waals surface area contributed by atoms with Gasteiger partial charge in [-0.3, -0.25) is 4.90 Å². The van der Waals surface area contributed by atoms with E-state index in [0.717, 1.165) is 25.6 Å². The van der Waals surface area contributed by atoms with E-state index in [1.54, 1.807) is 0 Å². The number of hydrogen-bond donors (Lipinski definition) is 1. The lowest BCUT2D eigenvalue weighted by molar-refractivity contribution is 0.220. The standard InChI is InChI=1S/C17H30N2/c1-6-17(12-18-11-14(2)3)19(5)13-16-9-7-8-15(4)10-16/h7-10,14,17-18H,6,11-13H2,1-5H3. The van der Waals surface area contributed by atoms with Gasteiger partial charge >= 0.3 is 0 Å². The number of rotatable bonds is 8. The van der Waals surface area contributed by atoms with Crippen molar-refractivity contribution in [2.45, 2.75) is 46.7 Å². The number of hydrogen-bond acceptors (Lipinski definition) is 2.